The molecule has 20 heavy (non-hydrogen) atoms. The lowest BCUT2D eigenvalue weighted by Gasteiger charge is -2.15. The number of aromatic nitrogens is 1. The number of nitrogens with two attached hydrogens (primary N) is 1. The van der Waals surface area contributed by atoms with Crippen LogP contribution in [0.5, 0.6) is 5.75 Å². The van der Waals surface area contributed by atoms with Crippen LogP contribution < -0.4 is 16.0 Å². The van der Waals surface area contributed by atoms with Crippen LogP contribution in [0.1, 0.15) is 18.9 Å². The number of pyridine rings is 1. The number of benzene rings is 1. The third-order valence-corrected chi connectivity index (χ3v) is 3.73. The zero-order chi connectivity index (χ0) is 14.3. The summed E-state index contributed by atoms with van der Waals surface area (Å²) < 4.78 is 7.13. The fraction of sp³-hybridized carbons (Fsp3) is 0.267. The monoisotopic (exact) mass is 290 g/mol. The molecule has 0 bridgehead atoms. The molecule has 2 aromatic rings. The molecule has 104 valence electrons. The van der Waals surface area contributed by atoms with Crippen molar-refractivity contribution in [2.24, 2.45) is 0 Å². The van der Waals surface area contributed by atoms with E-state index in [9.17, 15) is 4.79 Å². The Morgan fingerprint density at radius 3 is 2.70 bits per heavy atom. The highest BCUT2D eigenvalue weighted by atomic mass is 35.5. The van der Waals surface area contributed by atoms with Gasteiger partial charge >= 0.3 is 0 Å². The van der Waals surface area contributed by atoms with E-state index >= 15 is 0 Å². The molecular weight excluding hydrogens is 276 g/mol. The predicted octanol–water partition coefficient (Wildman–Crippen LogP) is 3.09. The van der Waals surface area contributed by atoms with Crippen molar-refractivity contribution in [3.8, 4) is 17.0 Å². The van der Waals surface area contributed by atoms with Gasteiger partial charge in [0.15, 0.2) is 0 Å². The van der Waals surface area contributed by atoms with E-state index in [-0.39, 0.29) is 17.3 Å². The zero-order valence-corrected chi connectivity index (χ0v) is 11.9. The molecule has 0 amide bonds. The molecule has 0 unspecified atom stereocenters. The molecule has 1 aliphatic carbocycles. The average Bonchev–Trinajstić information content (AvgIpc) is 3.26. The molecule has 0 spiro atoms. The maximum Gasteiger partial charge on any atom is 0.274 e. The first-order valence-electron chi connectivity index (χ1n) is 6.46. The van der Waals surface area contributed by atoms with E-state index in [0.29, 0.717) is 10.8 Å². The van der Waals surface area contributed by atoms with E-state index in [4.69, 9.17) is 22.1 Å². The van der Waals surface area contributed by atoms with E-state index in [0.717, 1.165) is 24.1 Å². The molecule has 1 aliphatic rings. The Bertz CT molecular complexity index is 720. The Kier molecular flexibility index (Phi) is 3.18. The van der Waals surface area contributed by atoms with Crippen molar-refractivity contribution in [1.82, 2.24) is 4.57 Å². The molecule has 1 heterocycles. The van der Waals surface area contributed by atoms with Gasteiger partial charge in [0.25, 0.3) is 5.56 Å². The highest BCUT2D eigenvalue weighted by Gasteiger charge is 2.28. The lowest BCUT2D eigenvalue weighted by molar-refractivity contribution is 0.416. The number of nitrogen functional groups attached to an aromatic ring is 1. The van der Waals surface area contributed by atoms with Crippen LogP contribution in [-0.2, 0) is 0 Å². The molecule has 1 fully saturated rings. The quantitative estimate of drug-likeness (QED) is 0.945. The summed E-state index contributed by atoms with van der Waals surface area (Å²) >= 11 is 6.07. The SMILES string of the molecule is COc1ccc(Cl)cc1-c1ccc(N)c(=O)n1C1CC1. The van der Waals surface area contributed by atoms with E-state index in [1.807, 2.05) is 12.1 Å². The standard InChI is InChI=1S/C15H15ClN2O2/c1-20-14-7-2-9(16)8-11(14)13-6-5-12(17)15(19)18(13)10-3-4-10/h2,5-8,10H,3-4,17H2,1H3. The summed E-state index contributed by atoms with van der Waals surface area (Å²) in [6.45, 7) is 0. The van der Waals surface area contributed by atoms with Crippen LogP contribution in [-0.4, -0.2) is 11.7 Å². The fourth-order valence-corrected chi connectivity index (χ4v) is 2.54. The normalized spacial score (nSPS) is 14.3. The maximum atomic E-state index is 12.3. The van der Waals surface area contributed by atoms with Crippen molar-refractivity contribution in [3.05, 3.63) is 45.7 Å². The summed E-state index contributed by atoms with van der Waals surface area (Å²) in [6.07, 6.45) is 2.00. The van der Waals surface area contributed by atoms with Gasteiger partial charge in [-0.3, -0.25) is 4.79 Å². The molecule has 2 N–H and O–H groups in total. The van der Waals surface area contributed by atoms with E-state index in [1.54, 1.807) is 29.9 Å². The van der Waals surface area contributed by atoms with Gasteiger partial charge in [-0.1, -0.05) is 11.6 Å². The number of halogens is 1. The van der Waals surface area contributed by atoms with Crippen LogP contribution in [0.2, 0.25) is 5.02 Å². The zero-order valence-electron chi connectivity index (χ0n) is 11.1. The lowest BCUT2D eigenvalue weighted by atomic mass is 10.1. The third-order valence-electron chi connectivity index (χ3n) is 3.50. The molecule has 1 saturated carbocycles. The topological polar surface area (TPSA) is 57.2 Å². The molecule has 0 radical (unpaired) electrons. The van der Waals surface area contributed by atoms with Crippen molar-refractivity contribution in [3.63, 3.8) is 0 Å². The van der Waals surface area contributed by atoms with E-state index in [2.05, 4.69) is 0 Å². The van der Waals surface area contributed by atoms with Crippen molar-refractivity contribution in [1.29, 1.82) is 0 Å². The third kappa shape index (κ3) is 2.16. The number of ether oxygens (including phenoxy) is 1. The minimum Gasteiger partial charge on any atom is -0.496 e. The minimum atomic E-state index is -0.146. The van der Waals surface area contributed by atoms with E-state index in [1.165, 1.54) is 0 Å². The molecule has 0 atom stereocenters. The van der Waals surface area contributed by atoms with Gasteiger partial charge in [0, 0.05) is 16.6 Å². The van der Waals surface area contributed by atoms with Crippen molar-refractivity contribution in [2.45, 2.75) is 18.9 Å². The van der Waals surface area contributed by atoms with Crippen molar-refractivity contribution >= 4 is 17.3 Å². The summed E-state index contributed by atoms with van der Waals surface area (Å²) in [7, 11) is 1.60. The molecule has 0 aliphatic heterocycles. The second kappa shape index (κ2) is 4.87. The molecular formula is C15H15ClN2O2. The molecule has 0 saturated heterocycles. The number of hydrogen-bond acceptors (Lipinski definition) is 3. The van der Waals surface area contributed by atoms with Gasteiger partial charge in [-0.25, -0.2) is 0 Å². The number of rotatable bonds is 3. The van der Waals surface area contributed by atoms with Crippen LogP contribution in [0.25, 0.3) is 11.3 Å². The number of anilines is 1. The Morgan fingerprint density at radius 1 is 1.30 bits per heavy atom. The average molecular weight is 291 g/mol. The Hall–Kier alpha value is -1.94. The van der Waals surface area contributed by atoms with Gasteiger partial charge in [0.1, 0.15) is 5.75 Å². The lowest BCUT2D eigenvalue weighted by Crippen LogP contribution is -2.23. The van der Waals surface area contributed by atoms with Crippen LogP contribution in [0.15, 0.2) is 35.1 Å². The van der Waals surface area contributed by atoms with Gasteiger partial charge in [0.05, 0.1) is 18.5 Å². The first-order valence-corrected chi connectivity index (χ1v) is 6.84. The summed E-state index contributed by atoms with van der Waals surface area (Å²) in [6, 6.07) is 9.09. The second-order valence-electron chi connectivity index (χ2n) is 4.92. The number of hydrogen-bond donors (Lipinski definition) is 1. The highest BCUT2D eigenvalue weighted by Crippen LogP contribution is 2.40. The first kappa shape index (κ1) is 13.1. The molecule has 4 nitrogen and oxygen atoms in total. The summed E-state index contributed by atoms with van der Waals surface area (Å²) in [5, 5.41) is 0.604. The van der Waals surface area contributed by atoms with Crippen LogP contribution in [0.3, 0.4) is 0 Å². The highest BCUT2D eigenvalue weighted by molar-refractivity contribution is 6.30. The summed E-state index contributed by atoms with van der Waals surface area (Å²) in [5.74, 6) is 0.688. The first-order chi connectivity index (χ1) is 9.61. The number of nitrogens with zero attached hydrogens (tertiary/aromatic N) is 1. The number of methoxy groups -OCH3 is 1. The van der Waals surface area contributed by atoms with Gasteiger partial charge < -0.3 is 15.0 Å². The van der Waals surface area contributed by atoms with Gasteiger partial charge in [-0.05, 0) is 43.2 Å². The second-order valence-corrected chi connectivity index (χ2v) is 5.36. The molecule has 1 aromatic heterocycles. The van der Waals surface area contributed by atoms with Crippen LogP contribution in [0, 0.1) is 0 Å². The Balaban J connectivity index is 2.27. The van der Waals surface area contributed by atoms with Crippen molar-refractivity contribution in [2.75, 3.05) is 12.8 Å². The maximum absolute atomic E-state index is 12.3. The molecule has 5 heteroatoms. The van der Waals surface area contributed by atoms with Crippen molar-refractivity contribution < 1.29 is 4.74 Å². The fourth-order valence-electron chi connectivity index (χ4n) is 2.36. The minimum absolute atomic E-state index is 0.146. The van der Waals surface area contributed by atoms with Gasteiger partial charge in [-0.15, -0.1) is 0 Å². The van der Waals surface area contributed by atoms with Gasteiger partial charge in [0.2, 0.25) is 0 Å². The Labute approximate surface area is 121 Å². The Morgan fingerprint density at radius 2 is 2.05 bits per heavy atom. The van der Waals surface area contributed by atoms with E-state index < -0.39 is 0 Å². The van der Waals surface area contributed by atoms with Crippen LogP contribution in [0.4, 0.5) is 5.69 Å². The smallest absolute Gasteiger partial charge is 0.274 e. The largest absolute Gasteiger partial charge is 0.496 e. The summed E-state index contributed by atoms with van der Waals surface area (Å²) in [4.78, 5) is 12.3. The molecule has 1 aromatic carbocycles. The predicted molar refractivity (Wildman–Crippen MR) is 80.4 cm³/mol. The van der Waals surface area contributed by atoms with Gasteiger partial charge in [-0.2, -0.15) is 0 Å². The summed E-state index contributed by atoms with van der Waals surface area (Å²) in [5.41, 5.74) is 7.47. The van der Waals surface area contributed by atoms with Crippen LogP contribution >= 0.6 is 11.6 Å². The molecule has 3 rings (SSSR count).